The molecule has 0 atom stereocenters. The Kier molecular flexibility index (Phi) is 2.17. The summed E-state index contributed by atoms with van der Waals surface area (Å²) in [6.45, 7) is 0. The minimum Gasteiger partial charge on any atom is -0.207 e. The average Bonchev–Trinajstić information content (AvgIpc) is 1.95. The van der Waals surface area contributed by atoms with Gasteiger partial charge in [0.15, 0.2) is 0 Å². The smallest absolute Gasteiger partial charge is 0.141 e. The number of benzene rings is 1. The van der Waals surface area contributed by atoms with Gasteiger partial charge in [-0.2, -0.15) is 0 Å². The van der Waals surface area contributed by atoms with Crippen molar-refractivity contribution in [2.75, 3.05) is 0 Å². The Labute approximate surface area is 61.7 Å². The predicted molar refractivity (Wildman–Crippen MR) is 34.3 cm³/mol. The van der Waals surface area contributed by atoms with Gasteiger partial charge in [-0.25, -0.2) is 8.78 Å². The Hall–Kier alpha value is -1.43. The lowest BCUT2D eigenvalue weighted by molar-refractivity contribution is 0.581. The molecule has 0 aromatic heterocycles. The van der Waals surface area contributed by atoms with Crippen LogP contribution in [0.5, 0.6) is 0 Å². The summed E-state index contributed by atoms with van der Waals surface area (Å²) in [4.78, 5) is 0. The van der Waals surface area contributed by atoms with Crippen LogP contribution in [0.2, 0.25) is 0 Å². The molecule has 1 aromatic carbocycles. The van der Waals surface area contributed by atoms with Crippen LogP contribution in [-0.2, 0) is 0 Å². The van der Waals surface area contributed by atoms with Crippen molar-refractivity contribution < 1.29 is 13.2 Å². The lowest BCUT2D eigenvalue weighted by atomic mass is 10.2. The number of hydrogen-bond donors (Lipinski definition) is 0. The lowest BCUT2D eigenvalue weighted by Crippen LogP contribution is -1.84. The lowest BCUT2D eigenvalue weighted by Gasteiger charge is -1.91. The van der Waals surface area contributed by atoms with Crippen LogP contribution in [0.3, 0.4) is 0 Å². The maximum Gasteiger partial charge on any atom is 0.141 e. The van der Waals surface area contributed by atoms with Crippen LogP contribution in [0.1, 0.15) is 5.56 Å². The van der Waals surface area contributed by atoms with Crippen molar-refractivity contribution in [2.24, 2.45) is 0 Å². The van der Waals surface area contributed by atoms with Crippen LogP contribution < -0.4 is 0 Å². The van der Waals surface area contributed by atoms with Crippen LogP contribution in [-0.4, -0.2) is 0 Å². The summed E-state index contributed by atoms with van der Waals surface area (Å²) < 4.78 is 36.1. The fourth-order valence-electron chi connectivity index (χ4n) is 0.642. The second-order valence-corrected chi connectivity index (χ2v) is 1.84. The third-order valence-corrected chi connectivity index (χ3v) is 1.11. The molecule has 0 saturated heterocycles. The van der Waals surface area contributed by atoms with Crippen LogP contribution in [0.15, 0.2) is 18.2 Å². The van der Waals surface area contributed by atoms with Crippen LogP contribution in [0.4, 0.5) is 13.2 Å². The van der Waals surface area contributed by atoms with E-state index >= 15 is 0 Å². The molecule has 0 aliphatic rings. The first-order valence-electron chi connectivity index (χ1n) is 2.80. The molecule has 0 spiro atoms. The number of rotatable bonds is 0. The van der Waals surface area contributed by atoms with E-state index in [-0.39, 0.29) is 5.56 Å². The van der Waals surface area contributed by atoms with Crippen molar-refractivity contribution in [2.45, 2.75) is 0 Å². The summed E-state index contributed by atoms with van der Waals surface area (Å²) in [7, 11) is 0. The van der Waals surface area contributed by atoms with Gasteiger partial charge in [-0.3, -0.25) is 0 Å². The number of halogens is 3. The molecule has 0 amide bonds. The van der Waals surface area contributed by atoms with Gasteiger partial charge < -0.3 is 0 Å². The summed E-state index contributed by atoms with van der Waals surface area (Å²) >= 11 is 0. The highest BCUT2D eigenvalue weighted by Gasteiger charge is 1.99. The standard InChI is InChI=1S/C8H3F3/c9-4-3-6-1-2-7(10)5-8(6)11/h1-2,5H. The van der Waals surface area contributed by atoms with Crippen LogP contribution in [0.25, 0.3) is 0 Å². The van der Waals surface area contributed by atoms with Crippen molar-refractivity contribution in [3.8, 4) is 12.1 Å². The first-order chi connectivity index (χ1) is 5.24. The summed E-state index contributed by atoms with van der Waals surface area (Å²) in [5, 5.41) is 0. The van der Waals surface area contributed by atoms with Crippen LogP contribution >= 0.6 is 0 Å². The molecule has 1 aromatic rings. The van der Waals surface area contributed by atoms with Gasteiger partial charge in [0.2, 0.25) is 0 Å². The van der Waals surface area contributed by atoms with Gasteiger partial charge in [0.1, 0.15) is 17.8 Å². The first kappa shape index (κ1) is 7.67. The molecule has 0 bridgehead atoms. The van der Waals surface area contributed by atoms with E-state index in [9.17, 15) is 13.2 Å². The van der Waals surface area contributed by atoms with Crippen molar-refractivity contribution in [3.63, 3.8) is 0 Å². The molecule has 3 heteroatoms. The molecular weight excluding hydrogens is 153 g/mol. The summed E-state index contributed by atoms with van der Waals surface area (Å²) in [5.41, 5.74) is -0.145. The summed E-state index contributed by atoms with van der Waals surface area (Å²) in [6, 6.07) is 2.75. The zero-order valence-electron chi connectivity index (χ0n) is 5.37. The molecule has 0 saturated carbocycles. The van der Waals surface area contributed by atoms with Gasteiger partial charge in [-0.15, -0.1) is 4.39 Å². The van der Waals surface area contributed by atoms with E-state index in [1.807, 2.05) is 5.92 Å². The van der Waals surface area contributed by atoms with E-state index < -0.39 is 11.6 Å². The first-order valence-corrected chi connectivity index (χ1v) is 2.80. The third-order valence-electron chi connectivity index (χ3n) is 1.11. The van der Waals surface area contributed by atoms with Crippen molar-refractivity contribution in [1.29, 1.82) is 0 Å². The molecule has 0 fully saturated rings. The predicted octanol–water partition coefficient (Wildman–Crippen LogP) is 2.24. The van der Waals surface area contributed by atoms with Gasteiger partial charge in [0.25, 0.3) is 0 Å². The Morgan fingerprint density at radius 3 is 2.45 bits per heavy atom. The average molecular weight is 156 g/mol. The molecular formula is C8H3F3. The molecule has 0 N–H and O–H groups in total. The van der Waals surface area contributed by atoms with Gasteiger partial charge in [-0.1, -0.05) is 0 Å². The van der Waals surface area contributed by atoms with E-state index in [4.69, 9.17) is 0 Å². The zero-order chi connectivity index (χ0) is 8.27. The molecule has 1 rings (SSSR count). The minimum atomic E-state index is -0.852. The Morgan fingerprint density at radius 1 is 1.18 bits per heavy atom. The molecule has 0 aliphatic heterocycles. The van der Waals surface area contributed by atoms with Crippen molar-refractivity contribution in [3.05, 3.63) is 35.4 Å². The SMILES string of the molecule is FC#Cc1ccc(F)cc1F. The highest BCUT2D eigenvalue weighted by atomic mass is 19.1. The fraction of sp³-hybridized carbons (Fsp3) is 0. The van der Waals surface area contributed by atoms with E-state index in [0.717, 1.165) is 18.3 Å². The molecule has 0 nitrogen and oxygen atoms in total. The van der Waals surface area contributed by atoms with Gasteiger partial charge in [0.05, 0.1) is 5.56 Å². The second kappa shape index (κ2) is 3.11. The van der Waals surface area contributed by atoms with Gasteiger partial charge in [-0.05, 0) is 18.1 Å². The highest BCUT2D eigenvalue weighted by molar-refractivity contribution is 5.34. The van der Waals surface area contributed by atoms with Crippen LogP contribution in [0, 0.1) is 23.7 Å². The molecule has 56 valence electrons. The monoisotopic (exact) mass is 156 g/mol. The Bertz CT molecular complexity index is 320. The molecule has 0 heterocycles. The largest absolute Gasteiger partial charge is 0.207 e. The number of hydrogen-bond acceptors (Lipinski definition) is 0. The zero-order valence-corrected chi connectivity index (χ0v) is 5.37. The van der Waals surface area contributed by atoms with Crippen molar-refractivity contribution in [1.82, 2.24) is 0 Å². The molecule has 0 radical (unpaired) electrons. The maximum absolute atomic E-state index is 12.5. The summed E-state index contributed by atoms with van der Waals surface area (Å²) in [5.74, 6) is 0.291. The fourth-order valence-corrected chi connectivity index (χ4v) is 0.642. The van der Waals surface area contributed by atoms with Crippen molar-refractivity contribution >= 4 is 0 Å². The van der Waals surface area contributed by atoms with E-state index in [2.05, 4.69) is 0 Å². The quantitative estimate of drug-likeness (QED) is 0.505. The van der Waals surface area contributed by atoms with Gasteiger partial charge in [0, 0.05) is 6.07 Å². The van der Waals surface area contributed by atoms with E-state index in [1.54, 1.807) is 0 Å². The van der Waals surface area contributed by atoms with E-state index in [0.29, 0.717) is 6.07 Å². The highest BCUT2D eigenvalue weighted by Crippen LogP contribution is 2.07. The van der Waals surface area contributed by atoms with E-state index in [1.165, 1.54) is 0 Å². The minimum absolute atomic E-state index is 0.145. The summed E-state index contributed by atoms with van der Waals surface area (Å²) in [6.07, 6.45) is 1.03. The molecule has 0 aliphatic carbocycles. The molecule has 0 unspecified atom stereocenters. The Morgan fingerprint density at radius 2 is 1.91 bits per heavy atom. The van der Waals surface area contributed by atoms with Gasteiger partial charge >= 0.3 is 0 Å². The second-order valence-electron chi connectivity index (χ2n) is 1.84. The third kappa shape index (κ3) is 1.74. The maximum atomic E-state index is 12.5. The molecule has 11 heavy (non-hydrogen) atoms. The topological polar surface area (TPSA) is 0 Å². The normalized spacial score (nSPS) is 8.64. The Balaban J connectivity index is 3.16.